The molecule has 1 unspecified atom stereocenters. The van der Waals surface area contributed by atoms with Crippen molar-refractivity contribution < 1.29 is 23.6 Å². The third kappa shape index (κ3) is 4.06. The van der Waals surface area contributed by atoms with Crippen LogP contribution in [-0.4, -0.2) is 40.4 Å². The number of hydrogen-bond acceptors (Lipinski definition) is 5. The number of likely N-dealkylation sites (tertiary alicyclic amines) is 1. The van der Waals surface area contributed by atoms with E-state index in [9.17, 15) is 24.1 Å². The van der Waals surface area contributed by atoms with Gasteiger partial charge in [-0.2, -0.15) is 0 Å². The SMILES string of the molecule is CC(C)(C)OC(=O)N1CCC(c2ccc([N+](=O)[O-])cc2F)C(=O)C1. The number of benzene rings is 1. The van der Waals surface area contributed by atoms with Gasteiger partial charge in [0.15, 0.2) is 5.78 Å². The fourth-order valence-electron chi connectivity index (χ4n) is 2.55. The van der Waals surface area contributed by atoms with Crippen LogP contribution in [0, 0.1) is 15.9 Å². The zero-order valence-corrected chi connectivity index (χ0v) is 13.7. The molecule has 1 aromatic carbocycles. The Morgan fingerprint density at radius 2 is 2.08 bits per heavy atom. The van der Waals surface area contributed by atoms with Crippen molar-refractivity contribution in [3.63, 3.8) is 0 Å². The fraction of sp³-hybridized carbons (Fsp3) is 0.500. The van der Waals surface area contributed by atoms with E-state index in [1.165, 1.54) is 17.0 Å². The van der Waals surface area contributed by atoms with Crippen LogP contribution in [-0.2, 0) is 9.53 Å². The highest BCUT2D eigenvalue weighted by Crippen LogP contribution is 2.30. The third-order valence-corrected chi connectivity index (χ3v) is 3.65. The molecule has 130 valence electrons. The molecule has 1 aliphatic rings. The first-order valence-corrected chi connectivity index (χ1v) is 7.53. The van der Waals surface area contributed by atoms with Gasteiger partial charge in [0.25, 0.3) is 5.69 Å². The summed E-state index contributed by atoms with van der Waals surface area (Å²) in [5.74, 6) is -1.82. The quantitative estimate of drug-likeness (QED) is 0.611. The summed E-state index contributed by atoms with van der Waals surface area (Å²) in [5.41, 5.74) is -0.911. The fourth-order valence-corrected chi connectivity index (χ4v) is 2.55. The first-order chi connectivity index (χ1) is 11.1. The van der Waals surface area contributed by atoms with Crippen LogP contribution >= 0.6 is 0 Å². The standard InChI is InChI=1S/C16H19FN2O5/c1-16(2,3)24-15(21)18-7-6-12(14(20)9-18)11-5-4-10(19(22)23)8-13(11)17/h4-5,8,12H,6-7,9H2,1-3H3. The molecule has 7 nitrogen and oxygen atoms in total. The number of halogens is 1. The van der Waals surface area contributed by atoms with Gasteiger partial charge in [-0.25, -0.2) is 9.18 Å². The predicted molar refractivity (Wildman–Crippen MR) is 83.2 cm³/mol. The Morgan fingerprint density at radius 3 is 2.58 bits per heavy atom. The van der Waals surface area contributed by atoms with Crippen molar-refractivity contribution in [2.24, 2.45) is 0 Å². The number of carbonyl (C=O) groups excluding carboxylic acids is 2. The molecule has 0 N–H and O–H groups in total. The van der Waals surface area contributed by atoms with Gasteiger partial charge in [0.2, 0.25) is 0 Å². The van der Waals surface area contributed by atoms with Crippen LogP contribution in [0.4, 0.5) is 14.9 Å². The summed E-state index contributed by atoms with van der Waals surface area (Å²) >= 11 is 0. The molecular formula is C16H19FN2O5. The Hall–Kier alpha value is -2.51. The summed E-state index contributed by atoms with van der Waals surface area (Å²) in [6.07, 6.45) is -0.342. The van der Waals surface area contributed by atoms with Crippen LogP contribution in [0.15, 0.2) is 18.2 Å². The minimum absolute atomic E-state index is 0.120. The lowest BCUT2D eigenvalue weighted by Gasteiger charge is -2.32. The Kier molecular flexibility index (Phi) is 4.86. The van der Waals surface area contributed by atoms with E-state index in [0.717, 1.165) is 6.07 Å². The summed E-state index contributed by atoms with van der Waals surface area (Å²) in [6.45, 7) is 5.26. The van der Waals surface area contributed by atoms with Crippen LogP contribution in [0.5, 0.6) is 0 Å². The van der Waals surface area contributed by atoms with Gasteiger partial charge in [-0.15, -0.1) is 0 Å². The molecule has 8 heteroatoms. The zero-order chi connectivity index (χ0) is 18.1. The molecule has 1 amide bonds. The average molecular weight is 338 g/mol. The molecule has 0 bridgehead atoms. The van der Waals surface area contributed by atoms with E-state index in [2.05, 4.69) is 0 Å². The number of ether oxygens (including phenoxy) is 1. The summed E-state index contributed by atoms with van der Waals surface area (Å²) < 4.78 is 19.3. The highest BCUT2D eigenvalue weighted by atomic mass is 19.1. The van der Waals surface area contributed by atoms with Gasteiger partial charge in [-0.1, -0.05) is 0 Å². The van der Waals surface area contributed by atoms with Crippen molar-refractivity contribution in [1.82, 2.24) is 4.90 Å². The number of non-ortho nitro benzene ring substituents is 1. The minimum atomic E-state index is -0.784. The highest BCUT2D eigenvalue weighted by molar-refractivity contribution is 5.91. The molecule has 1 heterocycles. The topological polar surface area (TPSA) is 89.8 Å². The van der Waals surface area contributed by atoms with Crippen molar-refractivity contribution >= 4 is 17.6 Å². The summed E-state index contributed by atoms with van der Waals surface area (Å²) in [6, 6.07) is 3.24. The lowest BCUT2D eigenvalue weighted by atomic mass is 9.88. The Balaban J connectivity index is 2.10. The number of ketones is 1. The van der Waals surface area contributed by atoms with E-state index in [4.69, 9.17) is 4.74 Å². The van der Waals surface area contributed by atoms with E-state index >= 15 is 0 Å². The molecule has 2 rings (SSSR count). The van der Waals surface area contributed by atoms with Crippen LogP contribution in [0.2, 0.25) is 0 Å². The van der Waals surface area contributed by atoms with E-state index in [0.29, 0.717) is 0 Å². The molecular weight excluding hydrogens is 319 g/mol. The number of hydrogen-bond donors (Lipinski definition) is 0. The summed E-state index contributed by atoms with van der Waals surface area (Å²) in [4.78, 5) is 35.5. The van der Waals surface area contributed by atoms with Crippen molar-refractivity contribution in [2.75, 3.05) is 13.1 Å². The predicted octanol–water partition coefficient (Wildman–Crippen LogP) is 3.03. The van der Waals surface area contributed by atoms with Gasteiger partial charge in [0.1, 0.15) is 11.4 Å². The van der Waals surface area contributed by atoms with Crippen molar-refractivity contribution in [3.05, 3.63) is 39.7 Å². The van der Waals surface area contributed by atoms with Gasteiger partial charge in [0, 0.05) is 18.5 Å². The molecule has 0 aromatic heterocycles. The van der Waals surface area contributed by atoms with Gasteiger partial charge < -0.3 is 9.64 Å². The van der Waals surface area contributed by atoms with E-state index in [-0.39, 0.29) is 36.5 Å². The maximum atomic E-state index is 14.1. The van der Waals surface area contributed by atoms with E-state index in [1.807, 2.05) is 0 Å². The first-order valence-electron chi connectivity index (χ1n) is 7.53. The molecule has 1 aliphatic heterocycles. The molecule has 1 saturated heterocycles. The second-order valence-electron chi connectivity index (χ2n) is 6.67. The van der Waals surface area contributed by atoms with Gasteiger partial charge in [-0.05, 0) is 38.8 Å². The summed E-state index contributed by atoms with van der Waals surface area (Å²) in [5, 5.41) is 10.7. The zero-order valence-electron chi connectivity index (χ0n) is 13.7. The molecule has 24 heavy (non-hydrogen) atoms. The maximum Gasteiger partial charge on any atom is 0.410 e. The van der Waals surface area contributed by atoms with Crippen LogP contribution in [0.3, 0.4) is 0 Å². The van der Waals surface area contributed by atoms with Crippen LogP contribution < -0.4 is 0 Å². The normalized spacial score (nSPS) is 18.4. The van der Waals surface area contributed by atoms with Gasteiger partial charge in [0.05, 0.1) is 17.5 Å². The van der Waals surface area contributed by atoms with Gasteiger partial charge >= 0.3 is 6.09 Å². The lowest BCUT2D eigenvalue weighted by Crippen LogP contribution is -2.45. The molecule has 0 spiro atoms. The second kappa shape index (κ2) is 6.54. The van der Waals surface area contributed by atoms with Gasteiger partial charge in [-0.3, -0.25) is 14.9 Å². The van der Waals surface area contributed by atoms with Crippen molar-refractivity contribution in [2.45, 2.75) is 38.7 Å². The number of carbonyl (C=O) groups is 2. The minimum Gasteiger partial charge on any atom is -0.444 e. The van der Waals surface area contributed by atoms with Crippen LogP contribution in [0.1, 0.15) is 38.7 Å². The Bertz CT molecular complexity index is 684. The number of nitrogens with zero attached hydrogens (tertiary/aromatic N) is 2. The van der Waals surface area contributed by atoms with Crippen molar-refractivity contribution in [1.29, 1.82) is 0 Å². The molecule has 1 aromatic rings. The summed E-state index contributed by atoms with van der Waals surface area (Å²) in [7, 11) is 0. The monoisotopic (exact) mass is 338 g/mol. The number of piperidine rings is 1. The van der Waals surface area contributed by atoms with E-state index < -0.39 is 28.4 Å². The molecule has 1 fully saturated rings. The first kappa shape index (κ1) is 17.8. The largest absolute Gasteiger partial charge is 0.444 e. The molecule has 0 aliphatic carbocycles. The Labute approximate surface area is 138 Å². The molecule has 0 radical (unpaired) electrons. The van der Waals surface area contributed by atoms with Crippen LogP contribution in [0.25, 0.3) is 0 Å². The smallest absolute Gasteiger partial charge is 0.410 e. The molecule has 0 saturated carbocycles. The molecule has 1 atom stereocenters. The maximum absolute atomic E-state index is 14.1. The second-order valence-corrected chi connectivity index (χ2v) is 6.67. The number of nitro groups is 1. The van der Waals surface area contributed by atoms with Crippen molar-refractivity contribution in [3.8, 4) is 0 Å². The lowest BCUT2D eigenvalue weighted by molar-refractivity contribution is -0.385. The number of rotatable bonds is 2. The Morgan fingerprint density at radius 1 is 1.42 bits per heavy atom. The number of amides is 1. The number of Topliss-reactive ketones (excluding diaryl/α,β-unsaturated/α-hetero) is 1. The number of nitro benzene ring substituents is 1. The van der Waals surface area contributed by atoms with E-state index in [1.54, 1.807) is 20.8 Å². The average Bonchev–Trinajstić information content (AvgIpc) is 2.45. The highest BCUT2D eigenvalue weighted by Gasteiger charge is 2.34. The third-order valence-electron chi connectivity index (χ3n) is 3.65.